The highest BCUT2D eigenvalue weighted by Gasteiger charge is 2.34. The van der Waals surface area contributed by atoms with Crippen molar-refractivity contribution in [3.05, 3.63) is 47.8 Å². The number of amides is 1. The van der Waals surface area contributed by atoms with E-state index in [9.17, 15) is 19.1 Å². The molecule has 0 aromatic heterocycles. The van der Waals surface area contributed by atoms with Crippen molar-refractivity contribution in [1.82, 2.24) is 5.32 Å². The molecular weight excluding hydrogens is 273 g/mol. The first-order valence-corrected chi connectivity index (χ1v) is 6.92. The maximum Gasteiger partial charge on any atom is 0.307 e. The zero-order valence-electron chi connectivity index (χ0n) is 11.8. The van der Waals surface area contributed by atoms with Gasteiger partial charge < -0.3 is 10.4 Å². The number of allylic oxidation sites excluding steroid dienone is 2. The predicted molar refractivity (Wildman–Crippen MR) is 75.9 cm³/mol. The summed E-state index contributed by atoms with van der Waals surface area (Å²) in [5, 5.41) is 12.0. The summed E-state index contributed by atoms with van der Waals surface area (Å²) in [7, 11) is 0. The Hall–Kier alpha value is -2.17. The zero-order chi connectivity index (χ0) is 15.4. The summed E-state index contributed by atoms with van der Waals surface area (Å²) in [5.41, 5.74) is 0.781. The van der Waals surface area contributed by atoms with Crippen LogP contribution in [0.25, 0.3) is 0 Å². The molecule has 1 aromatic rings. The molecule has 1 aromatic carbocycles. The second-order valence-corrected chi connectivity index (χ2v) is 5.28. The van der Waals surface area contributed by atoms with Crippen molar-refractivity contribution in [1.29, 1.82) is 0 Å². The van der Waals surface area contributed by atoms with Crippen LogP contribution in [0.5, 0.6) is 0 Å². The lowest BCUT2D eigenvalue weighted by Crippen LogP contribution is -2.39. The number of benzene rings is 1. The molecule has 1 amide bonds. The van der Waals surface area contributed by atoms with Crippen LogP contribution in [0, 0.1) is 17.7 Å². The van der Waals surface area contributed by atoms with Gasteiger partial charge in [-0.05, 0) is 37.5 Å². The van der Waals surface area contributed by atoms with Crippen LogP contribution in [0.4, 0.5) is 4.39 Å². The second kappa shape index (κ2) is 6.52. The van der Waals surface area contributed by atoms with Gasteiger partial charge in [0.15, 0.2) is 0 Å². The van der Waals surface area contributed by atoms with Gasteiger partial charge in [-0.2, -0.15) is 0 Å². The van der Waals surface area contributed by atoms with Gasteiger partial charge in [0.1, 0.15) is 5.82 Å². The molecule has 0 bridgehead atoms. The SMILES string of the molecule is C[C@H](NC(=O)[C@H]1CC=CC[C@H]1C(=O)O)c1ccc(F)cc1. The minimum atomic E-state index is -0.950. The van der Waals surface area contributed by atoms with E-state index in [1.807, 2.05) is 6.08 Å². The van der Waals surface area contributed by atoms with Crippen LogP contribution < -0.4 is 5.32 Å². The van der Waals surface area contributed by atoms with E-state index in [-0.39, 0.29) is 17.8 Å². The molecule has 2 rings (SSSR count). The van der Waals surface area contributed by atoms with Crippen LogP contribution in [0.15, 0.2) is 36.4 Å². The Bertz CT molecular complexity index is 553. The van der Waals surface area contributed by atoms with Gasteiger partial charge in [-0.15, -0.1) is 0 Å². The predicted octanol–water partition coefficient (Wildman–Crippen LogP) is 2.67. The molecule has 5 heteroatoms. The fourth-order valence-corrected chi connectivity index (χ4v) is 2.53. The molecular formula is C16H18FNO3. The molecule has 0 unspecified atom stereocenters. The lowest BCUT2D eigenvalue weighted by molar-refractivity contribution is -0.147. The van der Waals surface area contributed by atoms with Crippen molar-refractivity contribution in [3.8, 4) is 0 Å². The number of aliphatic carboxylic acids is 1. The first kappa shape index (κ1) is 15.2. The van der Waals surface area contributed by atoms with E-state index >= 15 is 0 Å². The molecule has 4 nitrogen and oxygen atoms in total. The summed E-state index contributed by atoms with van der Waals surface area (Å²) < 4.78 is 12.9. The van der Waals surface area contributed by atoms with Gasteiger partial charge in [0.25, 0.3) is 0 Å². The number of carbonyl (C=O) groups excluding carboxylic acids is 1. The first-order valence-electron chi connectivity index (χ1n) is 6.92. The van der Waals surface area contributed by atoms with E-state index in [0.717, 1.165) is 5.56 Å². The monoisotopic (exact) mass is 291 g/mol. The summed E-state index contributed by atoms with van der Waals surface area (Å²) >= 11 is 0. The second-order valence-electron chi connectivity index (χ2n) is 5.28. The fraction of sp³-hybridized carbons (Fsp3) is 0.375. The zero-order valence-corrected chi connectivity index (χ0v) is 11.8. The number of carbonyl (C=O) groups is 2. The van der Waals surface area contributed by atoms with Crippen LogP contribution in [-0.2, 0) is 9.59 Å². The number of hydrogen-bond acceptors (Lipinski definition) is 2. The van der Waals surface area contributed by atoms with Crippen LogP contribution >= 0.6 is 0 Å². The lowest BCUT2D eigenvalue weighted by atomic mass is 9.82. The van der Waals surface area contributed by atoms with Crippen molar-refractivity contribution in [3.63, 3.8) is 0 Å². The van der Waals surface area contributed by atoms with E-state index in [2.05, 4.69) is 5.32 Å². The Kier molecular flexibility index (Phi) is 4.73. The molecule has 3 atom stereocenters. The number of hydrogen-bond donors (Lipinski definition) is 2. The van der Waals surface area contributed by atoms with Gasteiger partial charge in [-0.3, -0.25) is 9.59 Å². The number of carboxylic acids is 1. The largest absolute Gasteiger partial charge is 0.481 e. The van der Waals surface area contributed by atoms with E-state index in [1.165, 1.54) is 12.1 Å². The number of carboxylic acid groups (broad SMARTS) is 1. The number of rotatable bonds is 4. The van der Waals surface area contributed by atoms with Crippen molar-refractivity contribution in [2.75, 3.05) is 0 Å². The van der Waals surface area contributed by atoms with Crippen LogP contribution in [0.1, 0.15) is 31.4 Å². The van der Waals surface area contributed by atoms with E-state index in [0.29, 0.717) is 12.8 Å². The maximum absolute atomic E-state index is 12.9. The van der Waals surface area contributed by atoms with Crippen LogP contribution in [0.3, 0.4) is 0 Å². The third-order valence-corrected chi connectivity index (χ3v) is 3.82. The van der Waals surface area contributed by atoms with Crippen molar-refractivity contribution in [2.24, 2.45) is 11.8 Å². The van der Waals surface area contributed by atoms with Crippen molar-refractivity contribution in [2.45, 2.75) is 25.8 Å². The summed E-state index contributed by atoms with van der Waals surface area (Å²) in [6.45, 7) is 1.79. The van der Waals surface area contributed by atoms with Gasteiger partial charge in [0.05, 0.1) is 17.9 Å². The molecule has 112 valence electrons. The Morgan fingerprint density at radius 2 is 1.76 bits per heavy atom. The van der Waals surface area contributed by atoms with Gasteiger partial charge >= 0.3 is 5.97 Å². The highest BCUT2D eigenvalue weighted by Crippen LogP contribution is 2.27. The number of nitrogens with one attached hydrogen (secondary N) is 1. The molecule has 0 fully saturated rings. The minimum absolute atomic E-state index is 0.274. The van der Waals surface area contributed by atoms with E-state index in [4.69, 9.17) is 0 Å². The summed E-state index contributed by atoms with van der Waals surface area (Å²) in [6, 6.07) is 5.59. The van der Waals surface area contributed by atoms with E-state index in [1.54, 1.807) is 25.1 Å². The third-order valence-electron chi connectivity index (χ3n) is 3.82. The average Bonchev–Trinajstić information content (AvgIpc) is 2.47. The van der Waals surface area contributed by atoms with Crippen molar-refractivity contribution < 1.29 is 19.1 Å². The Labute approximate surface area is 122 Å². The molecule has 0 spiro atoms. The molecule has 1 aliphatic carbocycles. The normalized spacial score (nSPS) is 22.6. The topological polar surface area (TPSA) is 66.4 Å². The molecule has 2 N–H and O–H groups in total. The molecule has 0 heterocycles. The fourth-order valence-electron chi connectivity index (χ4n) is 2.53. The lowest BCUT2D eigenvalue weighted by Gasteiger charge is -2.26. The van der Waals surface area contributed by atoms with Gasteiger partial charge in [0, 0.05) is 0 Å². The first-order chi connectivity index (χ1) is 9.99. The summed E-state index contributed by atoms with van der Waals surface area (Å²) in [6.07, 6.45) is 4.44. The summed E-state index contributed by atoms with van der Waals surface area (Å²) in [5.74, 6) is -2.80. The quantitative estimate of drug-likeness (QED) is 0.838. The molecule has 0 saturated carbocycles. The van der Waals surface area contributed by atoms with Crippen LogP contribution in [-0.4, -0.2) is 17.0 Å². The molecule has 1 aliphatic rings. The molecule has 0 aliphatic heterocycles. The highest BCUT2D eigenvalue weighted by molar-refractivity contribution is 5.85. The Morgan fingerprint density at radius 3 is 2.33 bits per heavy atom. The smallest absolute Gasteiger partial charge is 0.307 e. The van der Waals surface area contributed by atoms with Gasteiger partial charge in [-0.25, -0.2) is 4.39 Å². The maximum atomic E-state index is 12.9. The van der Waals surface area contributed by atoms with Crippen LogP contribution in [0.2, 0.25) is 0 Å². The highest BCUT2D eigenvalue weighted by atomic mass is 19.1. The van der Waals surface area contributed by atoms with Crippen molar-refractivity contribution >= 4 is 11.9 Å². The minimum Gasteiger partial charge on any atom is -0.481 e. The Morgan fingerprint density at radius 1 is 1.19 bits per heavy atom. The Balaban J connectivity index is 2.04. The van der Waals surface area contributed by atoms with E-state index < -0.39 is 17.8 Å². The standard InChI is InChI=1S/C16H18FNO3/c1-10(11-6-8-12(17)9-7-11)18-15(19)13-4-2-3-5-14(13)16(20)21/h2-3,6-10,13-14H,4-5H2,1H3,(H,18,19)(H,20,21)/t10-,13-,14+/m0/s1. The van der Waals surface area contributed by atoms with Gasteiger partial charge in [0.2, 0.25) is 5.91 Å². The summed E-state index contributed by atoms with van der Waals surface area (Å²) in [4.78, 5) is 23.5. The van der Waals surface area contributed by atoms with Gasteiger partial charge in [-0.1, -0.05) is 24.3 Å². The number of halogens is 1. The molecule has 0 saturated heterocycles. The average molecular weight is 291 g/mol. The molecule has 21 heavy (non-hydrogen) atoms. The molecule has 0 radical (unpaired) electrons. The third kappa shape index (κ3) is 3.68.